The lowest BCUT2D eigenvalue weighted by molar-refractivity contribution is 0.463. The Kier molecular flexibility index (Phi) is 2.67. The van der Waals surface area contributed by atoms with Gasteiger partial charge in [-0.15, -0.1) is 0 Å². The lowest BCUT2D eigenvalue weighted by Gasteiger charge is -2.06. The van der Waals surface area contributed by atoms with Gasteiger partial charge in [0.15, 0.2) is 0 Å². The Labute approximate surface area is 89.3 Å². The summed E-state index contributed by atoms with van der Waals surface area (Å²) < 4.78 is 0.267. The molecule has 0 radical (unpaired) electrons. The average Bonchev–Trinajstić information content (AvgIpc) is 2.48. The van der Waals surface area contributed by atoms with Crippen LogP contribution in [-0.4, -0.2) is 0 Å². The number of allylic oxidation sites excluding steroid dienone is 1. The van der Waals surface area contributed by atoms with Gasteiger partial charge in [-0.25, -0.2) is 0 Å². The van der Waals surface area contributed by atoms with Crippen molar-refractivity contribution in [3.63, 3.8) is 0 Å². The van der Waals surface area contributed by atoms with Gasteiger partial charge in [-0.1, -0.05) is 44.0 Å². The summed E-state index contributed by atoms with van der Waals surface area (Å²) in [4.78, 5) is 0. The molecule has 0 spiro atoms. The van der Waals surface area contributed by atoms with Crippen LogP contribution in [0.4, 0.5) is 0 Å². The van der Waals surface area contributed by atoms with Gasteiger partial charge in [0, 0.05) is 5.92 Å². The van der Waals surface area contributed by atoms with Crippen LogP contribution in [0.25, 0.3) is 0 Å². The van der Waals surface area contributed by atoms with Crippen LogP contribution in [0.15, 0.2) is 10.6 Å². The summed E-state index contributed by atoms with van der Waals surface area (Å²) in [5.74, 6) is 0.194. The van der Waals surface area contributed by atoms with Crippen molar-refractivity contribution >= 4 is 23.2 Å². The van der Waals surface area contributed by atoms with E-state index in [1.54, 1.807) is 6.08 Å². The van der Waals surface area contributed by atoms with Gasteiger partial charge in [0.2, 0.25) is 0 Å². The molecule has 2 unspecified atom stereocenters. The minimum absolute atomic E-state index is 0.00549. The van der Waals surface area contributed by atoms with E-state index in [-0.39, 0.29) is 21.2 Å². The second-order valence-electron chi connectivity index (χ2n) is 4.09. The van der Waals surface area contributed by atoms with E-state index >= 15 is 0 Å². The molecule has 0 heterocycles. The normalized spacial score (nSPS) is 34.9. The molecule has 13 heavy (non-hydrogen) atoms. The molecule has 0 aromatic heterocycles. The molecular formula is C10H13Cl2N. The van der Waals surface area contributed by atoms with Gasteiger partial charge in [-0.3, -0.25) is 0 Å². The summed E-state index contributed by atoms with van der Waals surface area (Å²) in [7, 11) is 0. The molecule has 1 fully saturated rings. The van der Waals surface area contributed by atoms with Crippen molar-refractivity contribution in [3.05, 3.63) is 10.6 Å². The van der Waals surface area contributed by atoms with Crippen molar-refractivity contribution in [2.75, 3.05) is 0 Å². The van der Waals surface area contributed by atoms with E-state index in [1.807, 2.05) is 6.92 Å². The fourth-order valence-corrected chi connectivity index (χ4v) is 2.59. The summed E-state index contributed by atoms with van der Waals surface area (Å²) in [6.07, 6.45) is 2.63. The average molecular weight is 218 g/mol. The number of hydrogen-bond donors (Lipinski definition) is 0. The Bertz CT molecular complexity index is 284. The fraction of sp³-hybridized carbons (Fsp3) is 0.700. The fourth-order valence-electron chi connectivity index (χ4n) is 2.34. The van der Waals surface area contributed by atoms with Crippen LogP contribution < -0.4 is 0 Å². The van der Waals surface area contributed by atoms with Gasteiger partial charge in [0.25, 0.3) is 0 Å². The van der Waals surface area contributed by atoms with Crippen LogP contribution in [-0.2, 0) is 0 Å². The van der Waals surface area contributed by atoms with Crippen LogP contribution >= 0.6 is 23.2 Å². The highest BCUT2D eigenvalue weighted by molar-refractivity contribution is 6.55. The number of hydrogen-bond acceptors (Lipinski definition) is 1. The second-order valence-corrected chi connectivity index (χ2v) is 5.10. The summed E-state index contributed by atoms with van der Waals surface area (Å²) in [6.45, 7) is 6.19. The first-order valence-electron chi connectivity index (χ1n) is 4.36. The Morgan fingerprint density at radius 3 is 2.31 bits per heavy atom. The molecule has 2 atom stereocenters. The van der Waals surface area contributed by atoms with E-state index < -0.39 is 0 Å². The van der Waals surface area contributed by atoms with E-state index in [0.29, 0.717) is 0 Å². The summed E-state index contributed by atoms with van der Waals surface area (Å²) in [5.41, 5.74) is -0.256. The predicted octanol–water partition coefficient (Wildman–Crippen LogP) is 3.88. The molecule has 0 saturated heterocycles. The zero-order valence-electron chi connectivity index (χ0n) is 8.06. The predicted molar refractivity (Wildman–Crippen MR) is 55.4 cm³/mol. The highest BCUT2D eigenvalue weighted by Crippen LogP contribution is 2.71. The van der Waals surface area contributed by atoms with E-state index in [0.717, 1.165) is 6.42 Å². The van der Waals surface area contributed by atoms with E-state index in [9.17, 15) is 0 Å². The molecular weight excluding hydrogens is 205 g/mol. The van der Waals surface area contributed by atoms with Crippen molar-refractivity contribution in [2.45, 2.75) is 27.2 Å². The van der Waals surface area contributed by atoms with Crippen LogP contribution in [0, 0.1) is 28.1 Å². The lowest BCUT2D eigenvalue weighted by atomic mass is 9.95. The van der Waals surface area contributed by atoms with Gasteiger partial charge in [0.05, 0.1) is 11.5 Å². The van der Waals surface area contributed by atoms with E-state index in [1.165, 1.54) is 0 Å². The molecule has 1 rings (SSSR count). The maximum absolute atomic E-state index is 9.11. The zero-order chi connectivity index (χ0) is 10.3. The first kappa shape index (κ1) is 10.9. The van der Waals surface area contributed by atoms with Crippen LogP contribution in [0.1, 0.15) is 27.2 Å². The van der Waals surface area contributed by atoms with Crippen LogP contribution in [0.3, 0.4) is 0 Å². The third kappa shape index (κ3) is 1.37. The van der Waals surface area contributed by atoms with Gasteiger partial charge in [0.1, 0.15) is 4.49 Å². The third-order valence-corrected chi connectivity index (χ3v) is 3.68. The lowest BCUT2D eigenvalue weighted by Crippen LogP contribution is -2.03. The van der Waals surface area contributed by atoms with Crippen molar-refractivity contribution in [1.82, 2.24) is 0 Å². The summed E-state index contributed by atoms with van der Waals surface area (Å²) in [5, 5.41) is 9.11. The zero-order valence-corrected chi connectivity index (χ0v) is 9.58. The number of halogens is 2. The minimum Gasteiger partial charge on any atom is -0.198 e. The Hall–Kier alpha value is -0.190. The van der Waals surface area contributed by atoms with E-state index in [2.05, 4.69) is 19.9 Å². The minimum atomic E-state index is -0.262. The van der Waals surface area contributed by atoms with Crippen molar-refractivity contribution in [2.24, 2.45) is 16.7 Å². The number of nitrogens with zero attached hydrogens (tertiary/aromatic N) is 1. The first-order chi connectivity index (χ1) is 5.92. The molecule has 1 aliphatic rings. The van der Waals surface area contributed by atoms with Gasteiger partial charge < -0.3 is 0 Å². The summed E-state index contributed by atoms with van der Waals surface area (Å²) in [6, 6.07) is 2.39. The molecule has 1 aliphatic carbocycles. The Morgan fingerprint density at radius 1 is 1.54 bits per heavy atom. The highest BCUT2D eigenvalue weighted by atomic mass is 35.5. The van der Waals surface area contributed by atoms with Gasteiger partial charge >= 0.3 is 0 Å². The monoisotopic (exact) mass is 217 g/mol. The first-order valence-corrected chi connectivity index (χ1v) is 5.12. The number of rotatable bonds is 2. The maximum Gasteiger partial charge on any atom is 0.103 e. The Balaban J connectivity index is 2.95. The smallest absolute Gasteiger partial charge is 0.103 e. The quantitative estimate of drug-likeness (QED) is 0.689. The SMILES string of the molecule is CCC1(C#N)C(C=C(Cl)Cl)C1(C)C. The molecule has 0 amide bonds. The third-order valence-electron chi connectivity index (χ3n) is 3.42. The van der Waals surface area contributed by atoms with Crippen molar-refractivity contribution < 1.29 is 0 Å². The van der Waals surface area contributed by atoms with Crippen LogP contribution in [0.5, 0.6) is 0 Å². The summed E-state index contributed by atoms with van der Waals surface area (Å²) >= 11 is 11.2. The Morgan fingerprint density at radius 2 is 2.08 bits per heavy atom. The molecule has 0 bridgehead atoms. The van der Waals surface area contributed by atoms with Crippen LogP contribution in [0.2, 0.25) is 0 Å². The maximum atomic E-state index is 9.11. The standard InChI is InChI=1S/C10H13Cl2N/c1-4-10(6-13)7(5-8(11)12)9(10,2)3/h5,7H,4H2,1-3H3. The molecule has 3 heteroatoms. The van der Waals surface area contributed by atoms with Crippen molar-refractivity contribution in [1.29, 1.82) is 5.26 Å². The largest absolute Gasteiger partial charge is 0.198 e. The molecule has 0 aliphatic heterocycles. The molecule has 0 aromatic rings. The topological polar surface area (TPSA) is 23.8 Å². The highest BCUT2D eigenvalue weighted by Gasteiger charge is 2.69. The van der Waals surface area contributed by atoms with Gasteiger partial charge in [-0.2, -0.15) is 5.26 Å². The molecule has 0 aromatic carbocycles. The molecule has 72 valence electrons. The van der Waals surface area contributed by atoms with Gasteiger partial charge in [-0.05, 0) is 17.9 Å². The second kappa shape index (κ2) is 3.19. The molecule has 1 saturated carbocycles. The van der Waals surface area contributed by atoms with E-state index in [4.69, 9.17) is 28.5 Å². The molecule has 0 N–H and O–H groups in total. The van der Waals surface area contributed by atoms with Crippen molar-refractivity contribution in [3.8, 4) is 6.07 Å². The number of nitriles is 1. The molecule has 1 nitrogen and oxygen atoms in total.